The number of ketones is 1. The van der Waals surface area contributed by atoms with Crippen LogP contribution in [-0.4, -0.2) is 35.1 Å². The molecule has 0 saturated carbocycles. The summed E-state index contributed by atoms with van der Waals surface area (Å²) in [5.74, 6) is -1.50. The number of carbonyl (C=O) groups excluding carboxylic acids is 3. The summed E-state index contributed by atoms with van der Waals surface area (Å²) >= 11 is 0. The van der Waals surface area contributed by atoms with Crippen molar-refractivity contribution in [2.75, 3.05) is 0 Å². The van der Waals surface area contributed by atoms with Gasteiger partial charge in [0.1, 0.15) is 11.8 Å². The number of rotatable bonds is 13. The zero-order valence-electron chi connectivity index (χ0n) is 14.0. The summed E-state index contributed by atoms with van der Waals surface area (Å²) in [6.45, 7) is 3.46. The van der Waals surface area contributed by atoms with Crippen LogP contribution in [0.4, 0.5) is 0 Å². The van der Waals surface area contributed by atoms with Crippen molar-refractivity contribution >= 4 is 23.9 Å². The largest absolute Gasteiger partial charge is 0.542 e. The summed E-state index contributed by atoms with van der Waals surface area (Å²) in [5, 5.41) is 11.4. The molecule has 0 aromatic carbocycles. The van der Waals surface area contributed by atoms with E-state index in [4.69, 9.17) is 5.11 Å². The molecule has 0 bridgehead atoms. The third kappa shape index (κ3) is 13.5. The van der Waals surface area contributed by atoms with Crippen LogP contribution in [0, 0.1) is 5.92 Å². The Kier molecular flexibility index (Phi) is 16.0. The second-order valence-corrected chi connectivity index (χ2v) is 5.51. The molecule has 1 radical (unpaired) electrons. The molecule has 2 N–H and O–H groups in total. The molecule has 0 aliphatic heterocycles. The number of unbranched alkanes of at least 4 members (excludes halogenated alkanes) is 2. The molecular weight excluding hydrogens is 375 g/mol. The second kappa shape index (κ2) is 14.9. The van der Waals surface area contributed by atoms with Crippen molar-refractivity contribution in [1.82, 2.24) is 5.32 Å². The summed E-state index contributed by atoms with van der Waals surface area (Å²) < 4.78 is 0. The van der Waals surface area contributed by atoms with Gasteiger partial charge in [0.25, 0.3) is 0 Å². The third-order valence-corrected chi connectivity index (χ3v) is 3.46. The fourth-order valence-corrected chi connectivity index (χ4v) is 1.99. The quantitative estimate of drug-likeness (QED) is 0.363. The zero-order valence-corrected chi connectivity index (χ0v) is 16.8. The van der Waals surface area contributed by atoms with E-state index in [1.165, 1.54) is 0 Å². The Labute approximate surface area is 163 Å². The maximum absolute atomic E-state index is 11.7. The van der Waals surface area contributed by atoms with E-state index >= 15 is 0 Å². The maximum Gasteiger partial charge on any atom is 0.326 e. The average molecular weight is 401 g/mol. The van der Waals surface area contributed by atoms with Gasteiger partial charge in [-0.1, -0.05) is 33.1 Å². The normalized spacial score (nSPS) is 12.6. The van der Waals surface area contributed by atoms with Gasteiger partial charge < -0.3 is 15.2 Å². The van der Waals surface area contributed by atoms with E-state index < -0.39 is 12.0 Å². The summed E-state index contributed by atoms with van der Waals surface area (Å²) in [6.07, 6.45) is 6.09. The van der Waals surface area contributed by atoms with E-state index in [0.29, 0.717) is 6.42 Å². The topological polar surface area (TPSA) is 101 Å². The molecule has 129 valence electrons. The molecule has 0 saturated heterocycles. The third-order valence-electron chi connectivity index (χ3n) is 3.46. The second-order valence-electron chi connectivity index (χ2n) is 5.51. The predicted octanol–water partition coefficient (Wildman–Crippen LogP) is 2.01. The van der Waals surface area contributed by atoms with Gasteiger partial charge in [-0.15, -0.1) is 5.92 Å². The Morgan fingerprint density at radius 2 is 1.74 bits per heavy atom. The van der Waals surface area contributed by atoms with Crippen molar-refractivity contribution in [3.8, 4) is 0 Å². The van der Waals surface area contributed by atoms with Gasteiger partial charge in [0.15, 0.2) is 0 Å². The van der Waals surface area contributed by atoms with Crippen LogP contribution in [0.1, 0.15) is 65.2 Å². The van der Waals surface area contributed by atoms with Gasteiger partial charge in [-0.3, -0.25) is 15.9 Å². The first-order valence-corrected chi connectivity index (χ1v) is 7.82. The van der Waals surface area contributed by atoms with Gasteiger partial charge in [-0.2, -0.15) is 0 Å². The molecule has 23 heavy (non-hydrogen) atoms. The van der Waals surface area contributed by atoms with E-state index in [-0.39, 0.29) is 69.6 Å². The van der Waals surface area contributed by atoms with Crippen LogP contribution >= 0.6 is 0 Å². The smallest absolute Gasteiger partial charge is 0.326 e. The molecule has 0 fully saturated rings. The molecule has 1 amide bonds. The van der Waals surface area contributed by atoms with Crippen molar-refractivity contribution in [2.24, 2.45) is 5.92 Å². The fourth-order valence-electron chi connectivity index (χ4n) is 1.99. The molecule has 0 heterocycles. The van der Waals surface area contributed by atoms with Gasteiger partial charge in [0.05, 0.1) is 0 Å². The first-order valence-electron chi connectivity index (χ1n) is 7.82. The molecule has 0 aliphatic rings. The van der Waals surface area contributed by atoms with Gasteiger partial charge in [-0.25, -0.2) is 4.79 Å². The van der Waals surface area contributed by atoms with E-state index in [2.05, 4.69) is 5.32 Å². The number of Topliss-reactive ketones (excluding diaryl/α,β-unsaturated/α-hetero) is 1. The minimum absolute atomic E-state index is 0. The molecule has 7 heteroatoms. The van der Waals surface area contributed by atoms with Crippen LogP contribution in [0.2, 0.25) is 0 Å². The monoisotopic (exact) mass is 401 g/mol. The Balaban J connectivity index is 0. The molecular formula is C16H26NO5Y-. The van der Waals surface area contributed by atoms with Crippen LogP contribution in [0.3, 0.4) is 0 Å². The molecule has 0 spiro atoms. The van der Waals surface area contributed by atoms with Gasteiger partial charge >= 0.3 is 5.97 Å². The molecule has 0 aromatic rings. The number of nitrogens with one attached hydrogen (secondary N) is 1. The van der Waals surface area contributed by atoms with E-state index in [1.807, 2.05) is 13.2 Å². The molecule has 2 unspecified atom stereocenters. The minimum Gasteiger partial charge on any atom is -0.542 e. The zero-order chi connectivity index (χ0) is 17.0. The van der Waals surface area contributed by atoms with Crippen LogP contribution < -0.4 is 5.32 Å². The maximum atomic E-state index is 11.7. The van der Waals surface area contributed by atoms with E-state index in [0.717, 1.165) is 25.7 Å². The van der Waals surface area contributed by atoms with Crippen molar-refractivity contribution in [1.29, 1.82) is 0 Å². The van der Waals surface area contributed by atoms with Crippen LogP contribution in [-0.2, 0) is 51.9 Å². The van der Waals surface area contributed by atoms with E-state index in [1.54, 1.807) is 6.92 Å². The number of aliphatic carboxylic acids is 1. The van der Waals surface area contributed by atoms with Gasteiger partial charge in [0, 0.05) is 52.0 Å². The molecule has 0 aromatic heterocycles. The average Bonchev–Trinajstić information content (AvgIpc) is 2.49. The summed E-state index contributed by atoms with van der Waals surface area (Å²) in [7, 11) is 0. The van der Waals surface area contributed by atoms with Crippen LogP contribution in [0.25, 0.3) is 0 Å². The molecule has 6 nitrogen and oxygen atoms in total. The Bertz CT molecular complexity index is 387. The number of hydrogen-bond acceptors (Lipinski definition) is 4. The number of carboxylic acid groups (broad SMARTS) is 1. The van der Waals surface area contributed by atoms with Gasteiger partial charge in [0.2, 0.25) is 5.91 Å². The number of carboxylic acids is 1. The van der Waals surface area contributed by atoms with E-state index in [9.17, 15) is 19.2 Å². The van der Waals surface area contributed by atoms with Crippen LogP contribution in [0.15, 0.2) is 0 Å². The minimum atomic E-state index is -1.12. The number of amides is 1. The van der Waals surface area contributed by atoms with Crippen molar-refractivity contribution in [2.45, 2.75) is 71.3 Å². The van der Waals surface area contributed by atoms with Crippen molar-refractivity contribution in [3.63, 3.8) is 0 Å². The number of carbonyl (C=O) groups is 3. The van der Waals surface area contributed by atoms with Gasteiger partial charge in [-0.05, 0) is 12.8 Å². The first kappa shape index (κ1) is 24.6. The molecule has 0 aliphatic carbocycles. The Hall–Kier alpha value is -0.616. The fraction of sp³-hybridized carbons (Fsp3) is 0.750. The summed E-state index contributed by atoms with van der Waals surface area (Å²) in [4.78, 5) is 44.2. The predicted molar refractivity (Wildman–Crippen MR) is 82.0 cm³/mol. The molecule has 2 atom stereocenters. The first-order chi connectivity index (χ1) is 10.4. The van der Waals surface area contributed by atoms with Crippen molar-refractivity contribution < 1.29 is 57.0 Å². The Morgan fingerprint density at radius 3 is 2.26 bits per heavy atom. The number of hydrogen-bond donors (Lipinski definition) is 2. The van der Waals surface area contributed by atoms with Crippen LogP contribution in [0.5, 0.6) is 0 Å². The standard InChI is InChI=1S/C16H26NO5.Y/c1-3-15(20)17-14(16(21)22)10-9-13(19)8-6-4-5-7-12(2)11-18;/h12,14H,3-10H2,1-2H3,(H,17,20)(H,21,22);/q-1;. The summed E-state index contributed by atoms with van der Waals surface area (Å²) in [6, 6.07) is -1.000. The molecule has 0 rings (SSSR count). The van der Waals surface area contributed by atoms with Crippen molar-refractivity contribution in [3.05, 3.63) is 0 Å². The SMILES string of the molecule is CCC(=O)NC(CCC(=O)CCCCCC(C)[C-]=O)C(=O)O.[Y]. The summed E-state index contributed by atoms with van der Waals surface area (Å²) in [5.41, 5.74) is 0. The Morgan fingerprint density at radius 1 is 1.09 bits per heavy atom.